The Hall–Kier alpha value is -3.04. The van der Waals surface area contributed by atoms with Gasteiger partial charge in [-0.15, -0.1) is 0 Å². The molecule has 8 nitrogen and oxygen atoms in total. The number of ether oxygens (including phenoxy) is 4. The van der Waals surface area contributed by atoms with Crippen molar-refractivity contribution in [3.05, 3.63) is 48.0 Å². The Balaban J connectivity index is 0.00000342. The zero-order valence-electron chi connectivity index (χ0n) is 19.2. The Morgan fingerprint density at radius 2 is 1.94 bits per heavy atom. The van der Waals surface area contributed by atoms with Crippen LogP contribution in [-0.2, 0) is 4.79 Å². The molecule has 1 fully saturated rings. The second-order valence-electron chi connectivity index (χ2n) is 8.44. The molecule has 9 heteroatoms. The number of carbonyl (C=O) groups is 1. The van der Waals surface area contributed by atoms with E-state index in [1.54, 1.807) is 49.6 Å². The van der Waals surface area contributed by atoms with Gasteiger partial charge in [0.1, 0.15) is 37.0 Å². The van der Waals surface area contributed by atoms with Gasteiger partial charge in [-0.3, -0.25) is 9.69 Å². The molecule has 1 amide bonds. The van der Waals surface area contributed by atoms with Crippen LogP contribution < -0.4 is 24.3 Å². The van der Waals surface area contributed by atoms with Gasteiger partial charge >= 0.3 is 0 Å². The number of benzene rings is 2. The maximum atomic E-state index is 13.7. The number of rotatable bonds is 10. The first-order valence-corrected chi connectivity index (χ1v) is 11.5. The molecule has 2 aromatic rings. The van der Waals surface area contributed by atoms with Crippen molar-refractivity contribution in [2.24, 2.45) is 0 Å². The first kappa shape index (κ1) is 24.1. The lowest BCUT2D eigenvalue weighted by molar-refractivity contribution is -0.123. The van der Waals surface area contributed by atoms with E-state index in [1.807, 2.05) is 4.90 Å². The highest BCUT2D eigenvalue weighted by Gasteiger charge is 2.30. The SMILES string of the molecule is COc1ccc(OCCC(=O)N[C@H](CN2CC[C@H](F)C2)[C@H](O)c2ccc3c(c2)OCCO3)cc1.[HH]. The van der Waals surface area contributed by atoms with Crippen molar-refractivity contribution in [1.82, 2.24) is 10.2 Å². The van der Waals surface area contributed by atoms with Crippen molar-refractivity contribution in [3.63, 3.8) is 0 Å². The minimum atomic E-state index is -0.999. The number of halogens is 1. The number of nitrogens with one attached hydrogen (secondary N) is 1. The average molecular weight is 477 g/mol. The van der Waals surface area contributed by atoms with Crippen molar-refractivity contribution in [1.29, 1.82) is 0 Å². The van der Waals surface area contributed by atoms with E-state index in [0.29, 0.717) is 62.1 Å². The summed E-state index contributed by atoms with van der Waals surface area (Å²) in [5.41, 5.74) is 0.597. The summed E-state index contributed by atoms with van der Waals surface area (Å²) in [5, 5.41) is 14.1. The summed E-state index contributed by atoms with van der Waals surface area (Å²) in [6, 6.07) is 11.7. The normalized spacial score (nSPS) is 19.3. The molecule has 1 saturated heterocycles. The Morgan fingerprint density at radius 3 is 2.65 bits per heavy atom. The number of amides is 1. The van der Waals surface area contributed by atoms with Gasteiger partial charge in [0, 0.05) is 21.1 Å². The molecular formula is C25H33FN2O6. The summed E-state index contributed by atoms with van der Waals surface area (Å²) in [5.74, 6) is 2.28. The number of alkyl halides is 1. The number of likely N-dealkylation sites (tertiary alicyclic amines) is 1. The summed E-state index contributed by atoms with van der Waals surface area (Å²) >= 11 is 0. The Kier molecular flexibility index (Phi) is 8.08. The molecule has 2 heterocycles. The number of carbonyl (C=O) groups excluding carboxylic acids is 1. The number of methoxy groups -OCH3 is 1. The summed E-state index contributed by atoms with van der Waals surface area (Å²) in [4.78, 5) is 14.6. The van der Waals surface area contributed by atoms with Crippen LogP contribution in [0.5, 0.6) is 23.0 Å². The van der Waals surface area contributed by atoms with E-state index >= 15 is 0 Å². The van der Waals surface area contributed by atoms with Crippen LogP contribution in [0.15, 0.2) is 42.5 Å². The average Bonchev–Trinajstić information content (AvgIpc) is 3.27. The molecule has 186 valence electrons. The van der Waals surface area contributed by atoms with Crippen LogP contribution in [0, 0.1) is 0 Å². The molecule has 2 N–H and O–H groups in total. The Bertz CT molecular complexity index is 963. The van der Waals surface area contributed by atoms with Crippen LogP contribution in [-0.4, -0.2) is 74.7 Å². The third-order valence-electron chi connectivity index (χ3n) is 5.96. The van der Waals surface area contributed by atoms with E-state index < -0.39 is 18.3 Å². The smallest absolute Gasteiger partial charge is 0.223 e. The van der Waals surface area contributed by atoms with E-state index in [2.05, 4.69) is 5.32 Å². The fourth-order valence-electron chi connectivity index (χ4n) is 4.14. The molecule has 0 unspecified atom stereocenters. The topological polar surface area (TPSA) is 89.5 Å². The molecular weight excluding hydrogens is 443 g/mol. The largest absolute Gasteiger partial charge is 0.497 e. The summed E-state index contributed by atoms with van der Waals surface area (Å²) < 4.78 is 35.7. The van der Waals surface area contributed by atoms with Crippen LogP contribution in [0.4, 0.5) is 4.39 Å². The molecule has 0 aliphatic carbocycles. The maximum Gasteiger partial charge on any atom is 0.223 e. The molecule has 0 aromatic heterocycles. The van der Waals surface area contributed by atoms with Crippen LogP contribution in [0.2, 0.25) is 0 Å². The number of aliphatic hydroxyl groups excluding tert-OH is 1. The third kappa shape index (κ3) is 6.30. The van der Waals surface area contributed by atoms with Crippen LogP contribution in [0.1, 0.15) is 25.9 Å². The van der Waals surface area contributed by atoms with Gasteiger partial charge in [0.2, 0.25) is 5.91 Å². The van der Waals surface area contributed by atoms with E-state index in [0.717, 1.165) is 5.75 Å². The van der Waals surface area contributed by atoms with Crippen molar-refractivity contribution in [3.8, 4) is 23.0 Å². The summed E-state index contributed by atoms with van der Waals surface area (Å²) in [6.07, 6.45) is -1.32. The lowest BCUT2D eigenvalue weighted by atomic mass is 10.0. The molecule has 2 aliphatic heterocycles. The lowest BCUT2D eigenvalue weighted by Gasteiger charge is -2.29. The Morgan fingerprint density at radius 1 is 1.21 bits per heavy atom. The van der Waals surface area contributed by atoms with Gasteiger partial charge in [-0.05, 0) is 48.4 Å². The molecule has 0 saturated carbocycles. The van der Waals surface area contributed by atoms with Crippen LogP contribution >= 0.6 is 0 Å². The van der Waals surface area contributed by atoms with Crippen molar-refractivity contribution in [2.45, 2.75) is 31.2 Å². The van der Waals surface area contributed by atoms with E-state index in [-0.39, 0.29) is 20.4 Å². The Labute approximate surface area is 200 Å². The molecule has 0 bridgehead atoms. The van der Waals surface area contributed by atoms with E-state index in [9.17, 15) is 14.3 Å². The predicted octanol–water partition coefficient (Wildman–Crippen LogP) is 2.74. The molecule has 0 radical (unpaired) electrons. The van der Waals surface area contributed by atoms with Gasteiger partial charge in [0.05, 0.1) is 26.2 Å². The second-order valence-corrected chi connectivity index (χ2v) is 8.44. The van der Waals surface area contributed by atoms with Crippen LogP contribution in [0.25, 0.3) is 0 Å². The first-order valence-electron chi connectivity index (χ1n) is 11.5. The van der Waals surface area contributed by atoms with Crippen molar-refractivity contribution < 1.29 is 34.7 Å². The van der Waals surface area contributed by atoms with Gasteiger partial charge < -0.3 is 29.4 Å². The summed E-state index contributed by atoms with van der Waals surface area (Å²) in [7, 11) is 1.59. The van der Waals surface area contributed by atoms with Gasteiger partial charge in [-0.25, -0.2) is 4.39 Å². The number of hydrogen-bond donors (Lipinski definition) is 2. The van der Waals surface area contributed by atoms with Crippen molar-refractivity contribution in [2.75, 3.05) is 46.6 Å². The highest BCUT2D eigenvalue weighted by atomic mass is 19.1. The highest BCUT2D eigenvalue weighted by Crippen LogP contribution is 2.33. The monoisotopic (exact) mass is 476 g/mol. The number of fused-ring (bicyclic) bond motifs is 1. The minimum Gasteiger partial charge on any atom is -0.497 e. The van der Waals surface area contributed by atoms with Gasteiger partial charge in [-0.2, -0.15) is 0 Å². The van der Waals surface area contributed by atoms with E-state index in [1.165, 1.54) is 0 Å². The molecule has 2 aromatic carbocycles. The standard InChI is InChI=1S/C25H31FN2O6.H2/c1-31-19-3-5-20(6-4-19)32-11-9-24(29)27-21(16-28-10-8-18(26)15-28)25(30)17-2-7-22-23(14-17)34-13-12-33-22;/h2-7,14,18,21,25,30H,8-13,15-16H2,1H3,(H,27,29);1H/t18-,21+,25+;/m0./s1. The van der Waals surface area contributed by atoms with Gasteiger partial charge in [0.25, 0.3) is 0 Å². The molecule has 0 spiro atoms. The number of aliphatic hydroxyl groups is 1. The molecule has 34 heavy (non-hydrogen) atoms. The molecule has 4 rings (SSSR count). The third-order valence-corrected chi connectivity index (χ3v) is 5.96. The predicted molar refractivity (Wildman–Crippen MR) is 125 cm³/mol. The quantitative estimate of drug-likeness (QED) is 0.545. The fourth-order valence-corrected chi connectivity index (χ4v) is 4.14. The maximum absolute atomic E-state index is 13.7. The number of hydrogen-bond acceptors (Lipinski definition) is 7. The zero-order chi connectivity index (χ0) is 23.9. The first-order chi connectivity index (χ1) is 16.5. The highest BCUT2D eigenvalue weighted by molar-refractivity contribution is 5.76. The van der Waals surface area contributed by atoms with Crippen molar-refractivity contribution >= 4 is 5.91 Å². The number of nitrogens with zero attached hydrogens (tertiary/aromatic N) is 1. The van der Waals surface area contributed by atoms with Gasteiger partial charge in [0.15, 0.2) is 11.5 Å². The summed E-state index contributed by atoms with van der Waals surface area (Å²) in [6.45, 7) is 2.31. The zero-order valence-corrected chi connectivity index (χ0v) is 19.2. The lowest BCUT2D eigenvalue weighted by Crippen LogP contribution is -2.47. The minimum absolute atomic E-state index is 0. The second kappa shape index (κ2) is 11.4. The molecule has 3 atom stereocenters. The van der Waals surface area contributed by atoms with Crippen LogP contribution in [0.3, 0.4) is 0 Å². The van der Waals surface area contributed by atoms with Gasteiger partial charge in [-0.1, -0.05) is 6.07 Å². The molecule has 2 aliphatic rings. The van der Waals surface area contributed by atoms with E-state index in [4.69, 9.17) is 18.9 Å². The fraction of sp³-hybridized carbons (Fsp3) is 0.480.